The first-order chi connectivity index (χ1) is 14.0. The number of carbonyl (C=O) groups is 2. The molecule has 2 aromatic carbocycles. The zero-order valence-electron chi connectivity index (χ0n) is 16.8. The standard InChI is InChI=1S/C21H26N2O6/c1-15(23-21(25)14-29-19-10-6-17(27-3)7-11-19)12-22-20(24)13-28-18-8-4-16(26-2)5-9-18/h4-11,15H,12-14H2,1-3H3,(H,22,24)(H,23,25). The molecule has 0 aromatic heterocycles. The molecular weight excluding hydrogens is 376 g/mol. The van der Waals surface area contributed by atoms with Crippen LogP contribution in [0.2, 0.25) is 0 Å². The van der Waals surface area contributed by atoms with E-state index in [0.717, 1.165) is 0 Å². The van der Waals surface area contributed by atoms with E-state index in [1.165, 1.54) is 0 Å². The quantitative estimate of drug-likeness (QED) is 0.595. The molecule has 8 nitrogen and oxygen atoms in total. The highest BCUT2D eigenvalue weighted by Crippen LogP contribution is 2.17. The normalized spacial score (nSPS) is 11.1. The van der Waals surface area contributed by atoms with E-state index in [2.05, 4.69) is 10.6 Å². The number of amides is 2. The summed E-state index contributed by atoms with van der Waals surface area (Å²) in [7, 11) is 3.16. The molecule has 0 heterocycles. The Kier molecular flexibility index (Phi) is 8.62. The van der Waals surface area contributed by atoms with Gasteiger partial charge in [-0.3, -0.25) is 9.59 Å². The van der Waals surface area contributed by atoms with Crippen LogP contribution in [-0.2, 0) is 9.59 Å². The van der Waals surface area contributed by atoms with Gasteiger partial charge >= 0.3 is 0 Å². The Labute approximate surface area is 170 Å². The van der Waals surface area contributed by atoms with Gasteiger partial charge < -0.3 is 29.6 Å². The van der Waals surface area contributed by atoms with Gasteiger partial charge in [-0.1, -0.05) is 0 Å². The molecule has 1 unspecified atom stereocenters. The second kappa shape index (κ2) is 11.4. The predicted octanol–water partition coefficient (Wildman–Crippen LogP) is 1.78. The van der Waals surface area contributed by atoms with Gasteiger partial charge in [-0.25, -0.2) is 0 Å². The average Bonchev–Trinajstić information content (AvgIpc) is 2.75. The van der Waals surface area contributed by atoms with Crippen LogP contribution in [0.3, 0.4) is 0 Å². The molecule has 156 valence electrons. The van der Waals surface area contributed by atoms with E-state index in [9.17, 15) is 9.59 Å². The summed E-state index contributed by atoms with van der Waals surface area (Å²) < 4.78 is 20.9. The first-order valence-electron chi connectivity index (χ1n) is 9.10. The van der Waals surface area contributed by atoms with Crippen LogP contribution in [0.25, 0.3) is 0 Å². The number of hydrogen-bond acceptors (Lipinski definition) is 6. The van der Waals surface area contributed by atoms with Crippen LogP contribution in [0.5, 0.6) is 23.0 Å². The molecule has 0 radical (unpaired) electrons. The van der Waals surface area contributed by atoms with Gasteiger partial charge in [-0.15, -0.1) is 0 Å². The van der Waals surface area contributed by atoms with Crippen LogP contribution < -0.4 is 29.6 Å². The fraction of sp³-hybridized carbons (Fsp3) is 0.333. The van der Waals surface area contributed by atoms with Crippen molar-refractivity contribution in [2.24, 2.45) is 0 Å². The number of carbonyl (C=O) groups excluding carboxylic acids is 2. The zero-order chi connectivity index (χ0) is 21.1. The molecule has 0 saturated heterocycles. The monoisotopic (exact) mass is 402 g/mol. The maximum atomic E-state index is 11.9. The number of nitrogens with one attached hydrogen (secondary N) is 2. The molecule has 1 atom stereocenters. The van der Waals surface area contributed by atoms with E-state index in [4.69, 9.17) is 18.9 Å². The molecular formula is C21H26N2O6. The van der Waals surface area contributed by atoms with Gasteiger partial charge in [0.25, 0.3) is 11.8 Å². The molecule has 2 aromatic rings. The van der Waals surface area contributed by atoms with Crippen molar-refractivity contribution >= 4 is 11.8 Å². The lowest BCUT2D eigenvalue weighted by atomic mass is 10.3. The van der Waals surface area contributed by atoms with Crippen molar-refractivity contribution in [1.82, 2.24) is 10.6 Å². The third-order valence-corrected chi connectivity index (χ3v) is 3.87. The molecule has 0 fully saturated rings. The lowest BCUT2D eigenvalue weighted by Crippen LogP contribution is -2.44. The van der Waals surface area contributed by atoms with Gasteiger partial charge in [0.2, 0.25) is 0 Å². The van der Waals surface area contributed by atoms with Gasteiger partial charge in [-0.05, 0) is 55.5 Å². The van der Waals surface area contributed by atoms with Crippen LogP contribution >= 0.6 is 0 Å². The first kappa shape index (κ1) is 21.9. The van der Waals surface area contributed by atoms with E-state index in [1.807, 2.05) is 0 Å². The van der Waals surface area contributed by atoms with Gasteiger partial charge in [-0.2, -0.15) is 0 Å². The number of benzene rings is 2. The zero-order valence-corrected chi connectivity index (χ0v) is 16.8. The summed E-state index contributed by atoms with van der Waals surface area (Å²) in [4.78, 5) is 23.8. The van der Waals surface area contributed by atoms with E-state index in [1.54, 1.807) is 69.7 Å². The fourth-order valence-corrected chi connectivity index (χ4v) is 2.33. The van der Waals surface area contributed by atoms with Crippen LogP contribution in [0, 0.1) is 0 Å². The lowest BCUT2D eigenvalue weighted by molar-refractivity contribution is -0.125. The molecule has 2 N–H and O–H groups in total. The van der Waals surface area contributed by atoms with E-state index >= 15 is 0 Å². The third-order valence-electron chi connectivity index (χ3n) is 3.87. The Hall–Kier alpha value is -3.42. The summed E-state index contributed by atoms with van der Waals surface area (Å²) in [6.45, 7) is 1.83. The minimum atomic E-state index is -0.281. The fourth-order valence-electron chi connectivity index (χ4n) is 2.33. The van der Waals surface area contributed by atoms with Crippen molar-refractivity contribution in [3.63, 3.8) is 0 Å². The van der Waals surface area contributed by atoms with Gasteiger partial charge in [0.15, 0.2) is 13.2 Å². The minimum Gasteiger partial charge on any atom is -0.497 e. The number of rotatable bonds is 11. The molecule has 0 aliphatic rings. The Balaban J connectivity index is 1.62. The average molecular weight is 402 g/mol. The van der Waals surface area contributed by atoms with Crippen molar-refractivity contribution in [2.75, 3.05) is 34.0 Å². The van der Waals surface area contributed by atoms with Crippen LogP contribution in [0.4, 0.5) is 0 Å². The van der Waals surface area contributed by atoms with Crippen LogP contribution in [-0.4, -0.2) is 51.8 Å². The highest BCUT2D eigenvalue weighted by molar-refractivity contribution is 5.79. The molecule has 2 amide bonds. The molecule has 0 bridgehead atoms. The smallest absolute Gasteiger partial charge is 0.258 e. The van der Waals surface area contributed by atoms with Crippen molar-refractivity contribution in [3.05, 3.63) is 48.5 Å². The maximum absolute atomic E-state index is 11.9. The van der Waals surface area contributed by atoms with Crippen LogP contribution in [0.15, 0.2) is 48.5 Å². The Morgan fingerprint density at radius 3 is 1.62 bits per heavy atom. The van der Waals surface area contributed by atoms with E-state index in [0.29, 0.717) is 23.0 Å². The molecule has 0 aliphatic carbocycles. The van der Waals surface area contributed by atoms with Gasteiger partial charge in [0, 0.05) is 12.6 Å². The molecule has 29 heavy (non-hydrogen) atoms. The molecule has 2 rings (SSSR count). The maximum Gasteiger partial charge on any atom is 0.258 e. The molecule has 0 aliphatic heterocycles. The summed E-state index contributed by atoms with van der Waals surface area (Å²) in [5, 5.41) is 5.47. The number of ether oxygens (including phenoxy) is 4. The number of methoxy groups -OCH3 is 2. The highest BCUT2D eigenvalue weighted by atomic mass is 16.5. The second-order valence-corrected chi connectivity index (χ2v) is 6.20. The minimum absolute atomic E-state index is 0.117. The summed E-state index contributed by atoms with van der Waals surface area (Å²) in [5.74, 6) is 1.99. The Morgan fingerprint density at radius 2 is 1.17 bits per heavy atom. The van der Waals surface area contributed by atoms with E-state index in [-0.39, 0.29) is 37.6 Å². The SMILES string of the molecule is COc1ccc(OCC(=O)NCC(C)NC(=O)COc2ccc(OC)cc2)cc1. The molecule has 0 saturated carbocycles. The van der Waals surface area contributed by atoms with E-state index < -0.39 is 0 Å². The topological polar surface area (TPSA) is 95.1 Å². The van der Waals surface area contributed by atoms with Gasteiger partial charge in [0.05, 0.1) is 14.2 Å². The van der Waals surface area contributed by atoms with Crippen LogP contribution in [0.1, 0.15) is 6.92 Å². The van der Waals surface area contributed by atoms with Crippen molar-refractivity contribution < 1.29 is 28.5 Å². The highest BCUT2D eigenvalue weighted by Gasteiger charge is 2.10. The largest absolute Gasteiger partial charge is 0.497 e. The summed E-state index contributed by atoms with van der Waals surface area (Å²) in [6.07, 6.45) is 0. The first-order valence-corrected chi connectivity index (χ1v) is 9.10. The third kappa shape index (κ3) is 8.00. The number of hydrogen-bond donors (Lipinski definition) is 2. The van der Waals surface area contributed by atoms with Crippen molar-refractivity contribution in [2.45, 2.75) is 13.0 Å². The summed E-state index contributed by atoms with van der Waals surface area (Å²) >= 11 is 0. The Bertz CT molecular complexity index is 777. The summed E-state index contributed by atoms with van der Waals surface area (Å²) in [6, 6.07) is 13.6. The lowest BCUT2D eigenvalue weighted by Gasteiger charge is -2.15. The predicted molar refractivity (Wildman–Crippen MR) is 108 cm³/mol. The molecule has 8 heteroatoms. The second-order valence-electron chi connectivity index (χ2n) is 6.20. The Morgan fingerprint density at radius 1 is 0.759 bits per heavy atom. The van der Waals surface area contributed by atoms with Crippen molar-refractivity contribution in [1.29, 1.82) is 0 Å². The summed E-state index contributed by atoms with van der Waals surface area (Å²) in [5.41, 5.74) is 0. The van der Waals surface area contributed by atoms with Gasteiger partial charge in [0.1, 0.15) is 23.0 Å². The molecule has 0 spiro atoms. The van der Waals surface area contributed by atoms with Crippen molar-refractivity contribution in [3.8, 4) is 23.0 Å².